The molecular formula is C15H11Cl2N3O. The van der Waals surface area contributed by atoms with Crippen LogP contribution in [0.25, 0.3) is 5.52 Å². The Labute approximate surface area is 131 Å². The number of carbonyl (C=O) groups excluding carboxylic acids is 1. The zero-order valence-electron chi connectivity index (χ0n) is 10.9. The molecule has 3 aromatic rings. The van der Waals surface area contributed by atoms with Gasteiger partial charge in [0.25, 0.3) is 5.91 Å². The van der Waals surface area contributed by atoms with E-state index in [0.717, 1.165) is 11.2 Å². The van der Waals surface area contributed by atoms with Crippen LogP contribution in [0.3, 0.4) is 0 Å². The number of carbonyl (C=O) groups is 1. The Hall–Kier alpha value is -2.04. The van der Waals surface area contributed by atoms with Crippen LogP contribution in [0, 0.1) is 0 Å². The number of halogens is 2. The van der Waals surface area contributed by atoms with Crippen molar-refractivity contribution in [1.82, 2.24) is 14.9 Å². The van der Waals surface area contributed by atoms with Crippen LogP contribution < -0.4 is 5.32 Å². The lowest BCUT2D eigenvalue weighted by Gasteiger charge is -2.05. The summed E-state index contributed by atoms with van der Waals surface area (Å²) in [6, 6.07) is 12.5. The van der Waals surface area contributed by atoms with E-state index < -0.39 is 0 Å². The number of rotatable bonds is 3. The Morgan fingerprint density at radius 3 is 2.86 bits per heavy atom. The van der Waals surface area contributed by atoms with Crippen LogP contribution in [0.2, 0.25) is 10.0 Å². The summed E-state index contributed by atoms with van der Waals surface area (Å²) >= 11 is 11.9. The smallest absolute Gasteiger partial charge is 0.253 e. The van der Waals surface area contributed by atoms with Gasteiger partial charge in [-0.1, -0.05) is 29.3 Å². The number of hydrogen-bond donors (Lipinski definition) is 1. The maximum Gasteiger partial charge on any atom is 0.253 e. The first-order chi connectivity index (χ1) is 10.1. The van der Waals surface area contributed by atoms with Crippen molar-refractivity contribution >= 4 is 34.6 Å². The van der Waals surface area contributed by atoms with Crippen molar-refractivity contribution in [3.05, 3.63) is 70.0 Å². The molecule has 0 unspecified atom stereocenters. The fraction of sp³-hybridized carbons (Fsp3) is 0.0667. The first kappa shape index (κ1) is 13.9. The van der Waals surface area contributed by atoms with E-state index in [1.54, 1.807) is 22.7 Å². The molecule has 2 aromatic heterocycles. The van der Waals surface area contributed by atoms with Gasteiger partial charge in [-0.25, -0.2) is 4.52 Å². The number of pyridine rings is 1. The fourth-order valence-electron chi connectivity index (χ4n) is 2.02. The Morgan fingerprint density at radius 1 is 1.19 bits per heavy atom. The molecule has 4 nitrogen and oxygen atoms in total. The highest BCUT2D eigenvalue weighted by molar-refractivity contribution is 6.35. The Kier molecular flexibility index (Phi) is 3.82. The van der Waals surface area contributed by atoms with E-state index in [-0.39, 0.29) is 5.91 Å². The van der Waals surface area contributed by atoms with Gasteiger partial charge in [0.15, 0.2) is 0 Å². The van der Waals surface area contributed by atoms with Crippen molar-refractivity contribution in [2.24, 2.45) is 0 Å². The van der Waals surface area contributed by atoms with Crippen LogP contribution in [0.5, 0.6) is 0 Å². The number of hydrogen-bond acceptors (Lipinski definition) is 2. The summed E-state index contributed by atoms with van der Waals surface area (Å²) in [6.45, 7) is 0.323. The van der Waals surface area contributed by atoms with Crippen molar-refractivity contribution in [2.75, 3.05) is 0 Å². The van der Waals surface area contributed by atoms with Crippen LogP contribution >= 0.6 is 23.2 Å². The monoisotopic (exact) mass is 319 g/mol. The zero-order valence-corrected chi connectivity index (χ0v) is 12.4. The molecule has 3 rings (SSSR count). The average molecular weight is 320 g/mol. The highest BCUT2D eigenvalue weighted by atomic mass is 35.5. The van der Waals surface area contributed by atoms with E-state index in [9.17, 15) is 4.79 Å². The van der Waals surface area contributed by atoms with Gasteiger partial charge in [0.2, 0.25) is 0 Å². The third-order valence-corrected chi connectivity index (χ3v) is 3.59. The van der Waals surface area contributed by atoms with Crippen molar-refractivity contribution in [2.45, 2.75) is 6.54 Å². The summed E-state index contributed by atoms with van der Waals surface area (Å²) in [5.41, 5.74) is 2.10. The maximum atomic E-state index is 12.1. The molecule has 21 heavy (non-hydrogen) atoms. The van der Waals surface area contributed by atoms with E-state index >= 15 is 0 Å². The molecule has 0 radical (unpaired) electrons. The Balaban J connectivity index is 1.74. The van der Waals surface area contributed by atoms with E-state index in [4.69, 9.17) is 23.2 Å². The molecule has 0 saturated carbocycles. The summed E-state index contributed by atoms with van der Waals surface area (Å²) in [5, 5.41) is 7.98. The molecule has 6 heteroatoms. The molecule has 1 aromatic carbocycles. The average Bonchev–Trinajstić information content (AvgIpc) is 2.90. The largest absolute Gasteiger partial charge is 0.346 e. The van der Waals surface area contributed by atoms with Gasteiger partial charge in [-0.05, 0) is 36.4 Å². The molecule has 0 aliphatic carbocycles. The molecule has 0 fully saturated rings. The molecule has 0 atom stereocenters. The summed E-state index contributed by atoms with van der Waals surface area (Å²) in [7, 11) is 0. The highest BCUT2D eigenvalue weighted by Gasteiger charge is 2.11. The summed E-state index contributed by atoms with van der Waals surface area (Å²) < 4.78 is 1.76. The number of nitrogens with zero attached hydrogens (tertiary/aromatic N) is 2. The van der Waals surface area contributed by atoms with E-state index in [1.807, 2.05) is 30.5 Å². The van der Waals surface area contributed by atoms with Crippen LogP contribution in [0.4, 0.5) is 0 Å². The molecule has 0 aliphatic rings. The maximum absolute atomic E-state index is 12.1. The van der Waals surface area contributed by atoms with Gasteiger partial charge in [-0.3, -0.25) is 4.79 Å². The molecule has 1 amide bonds. The number of amides is 1. The Bertz CT molecular complexity index is 781. The van der Waals surface area contributed by atoms with Gasteiger partial charge >= 0.3 is 0 Å². The second-order valence-corrected chi connectivity index (χ2v) is 5.36. The summed E-state index contributed by atoms with van der Waals surface area (Å²) in [4.78, 5) is 12.1. The van der Waals surface area contributed by atoms with Crippen molar-refractivity contribution in [1.29, 1.82) is 0 Å². The predicted molar refractivity (Wildman–Crippen MR) is 82.8 cm³/mol. The first-order valence-electron chi connectivity index (χ1n) is 6.30. The van der Waals surface area contributed by atoms with Crippen molar-refractivity contribution < 1.29 is 4.79 Å². The molecule has 106 valence electrons. The van der Waals surface area contributed by atoms with Crippen LogP contribution in [-0.4, -0.2) is 15.5 Å². The SMILES string of the molecule is O=C(NCc1cc2ccccn2n1)c1cc(Cl)ccc1Cl. The zero-order chi connectivity index (χ0) is 14.8. The van der Waals surface area contributed by atoms with Gasteiger partial charge < -0.3 is 5.32 Å². The van der Waals surface area contributed by atoms with Crippen LogP contribution in [-0.2, 0) is 6.54 Å². The molecule has 0 saturated heterocycles. The standard InChI is InChI=1S/C15H11Cl2N3O/c16-10-4-5-14(17)13(7-10)15(21)18-9-11-8-12-3-1-2-6-20(12)19-11/h1-8H,9H2,(H,18,21). The highest BCUT2D eigenvalue weighted by Crippen LogP contribution is 2.20. The summed E-state index contributed by atoms with van der Waals surface area (Å²) in [6.07, 6.45) is 1.86. The number of fused-ring (bicyclic) bond motifs is 1. The minimum absolute atomic E-state index is 0.278. The van der Waals surface area contributed by atoms with Crippen LogP contribution in [0.15, 0.2) is 48.7 Å². The molecule has 1 N–H and O–H groups in total. The first-order valence-corrected chi connectivity index (χ1v) is 7.05. The predicted octanol–water partition coefficient (Wildman–Crippen LogP) is 3.57. The van der Waals surface area contributed by atoms with Gasteiger partial charge in [-0.2, -0.15) is 5.10 Å². The Morgan fingerprint density at radius 2 is 2.05 bits per heavy atom. The number of nitrogens with one attached hydrogen (secondary N) is 1. The summed E-state index contributed by atoms with van der Waals surface area (Å²) in [5.74, 6) is -0.278. The van der Waals surface area contributed by atoms with Crippen molar-refractivity contribution in [3.63, 3.8) is 0 Å². The second-order valence-electron chi connectivity index (χ2n) is 4.51. The fourth-order valence-corrected chi connectivity index (χ4v) is 2.39. The molecule has 0 bridgehead atoms. The van der Waals surface area contributed by atoms with Crippen molar-refractivity contribution in [3.8, 4) is 0 Å². The minimum atomic E-state index is -0.278. The lowest BCUT2D eigenvalue weighted by Crippen LogP contribution is -2.23. The van der Waals surface area contributed by atoms with Gasteiger partial charge in [0.1, 0.15) is 0 Å². The quantitative estimate of drug-likeness (QED) is 0.802. The molecule has 0 spiro atoms. The van der Waals surface area contributed by atoms with Gasteiger partial charge in [0.05, 0.1) is 28.3 Å². The normalized spacial score (nSPS) is 10.8. The van der Waals surface area contributed by atoms with E-state index in [2.05, 4.69) is 10.4 Å². The van der Waals surface area contributed by atoms with E-state index in [0.29, 0.717) is 22.2 Å². The second kappa shape index (κ2) is 5.76. The number of benzene rings is 1. The molecular weight excluding hydrogens is 309 g/mol. The third-order valence-electron chi connectivity index (χ3n) is 3.02. The third kappa shape index (κ3) is 3.01. The molecule has 0 aliphatic heterocycles. The van der Waals surface area contributed by atoms with Gasteiger partial charge in [-0.15, -0.1) is 0 Å². The van der Waals surface area contributed by atoms with Crippen LogP contribution in [0.1, 0.15) is 16.1 Å². The lowest BCUT2D eigenvalue weighted by atomic mass is 10.2. The minimum Gasteiger partial charge on any atom is -0.346 e. The van der Waals surface area contributed by atoms with Gasteiger partial charge in [0, 0.05) is 11.2 Å². The van der Waals surface area contributed by atoms with E-state index in [1.165, 1.54) is 0 Å². The molecule has 2 heterocycles. The topological polar surface area (TPSA) is 46.4 Å². The lowest BCUT2D eigenvalue weighted by molar-refractivity contribution is 0.0950. The number of aromatic nitrogens is 2.